The summed E-state index contributed by atoms with van der Waals surface area (Å²) in [6.07, 6.45) is 6.79. The van der Waals surface area contributed by atoms with Crippen LogP contribution in [0.4, 0.5) is 0 Å². The molecule has 0 saturated heterocycles. The van der Waals surface area contributed by atoms with Crippen molar-refractivity contribution < 1.29 is 14.3 Å². The predicted octanol–water partition coefficient (Wildman–Crippen LogP) is 4.47. The standard InChI is InChI=1S/C22H32N4O3S/c1-5-13-23-21(27)15(2)30-22-25-24-20(26(22)17-9-7-6-8-10-17)16-11-12-18(28-3)19(14-16)29-4/h11-12,14-15,17H,5-10,13H2,1-4H3,(H,23,27). The number of benzene rings is 1. The topological polar surface area (TPSA) is 78.3 Å². The molecule has 1 aliphatic rings. The van der Waals surface area contributed by atoms with Crippen LogP contribution in [0, 0.1) is 0 Å². The van der Waals surface area contributed by atoms with E-state index in [1.165, 1.54) is 31.0 Å². The van der Waals surface area contributed by atoms with Crippen molar-refractivity contribution >= 4 is 17.7 Å². The van der Waals surface area contributed by atoms with Gasteiger partial charge in [0.25, 0.3) is 0 Å². The number of hydrogen-bond acceptors (Lipinski definition) is 6. The molecule has 7 nitrogen and oxygen atoms in total. The molecule has 0 spiro atoms. The lowest BCUT2D eigenvalue weighted by atomic mass is 9.95. The molecule has 0 aliphatic heterocycles. The highest BCUT2D eigenvalue weighted by atomic mass is 32.2. The monoisotopic (exact) mass is 432 g/mol. The minimum Gasteiger partial charge on any atom is -0.493 e. The number of amides is 1. The molecule has 164 valence electrons. The molecule has 30 heavy (non-hydrogen) atoms. The molecule has 1 atom stereocenters. The van der Waals surface area contributed by atoms with Gasteiger partial charge in [-0.1, -0.05) is 37.9 Å². The van der Waals surface area contributed by atoms with Gasteiger partial charge < -0.3 is 14.8 Å². The van der Waals surface area contributed by atoms with Crippen LogP contribution in [0.25, 0.3) is 11.4 Å². The predicted molar refractivity (Wildman–Crippen MR) is 119 cm³/mol. The van der Waals surface area contributed by atoms with Gasteiger partial charge in [0, 0.05) is 18.2 Å². The first-order chi connectivity index (χ1) is 14.6. The molecule has 0 bridgehead atoms. The number of ether oxygens (including phenoxy) is 2. The van der Waals surface area contributed by atoms with Crippen molar-refractivity contribution in [1.82, 2.24) is 20.1 Å². The summed E-state index contributed by atoms with van der Waals surface area (Å²) in [4.78, 5) is 12.4. The average Bonchev–Trinajstić information content (AvgIpc) is 3.20. The summed E-state index contributed by atoms with van der Waals surface area (Å²) < 4.78 is 13.1. The third-order valence-electron chi connectivity index (χ3n) is 5.45. The highest BCUT2D eigenvalue weighted by Gasteiger charge is 2.26. The SMILES string of the molecule is CCCNC(=O)C(C)Sc1nnc(-c2ccc(OC)c(OC)c2)n1C1CCCCC1. The Kier molecular flexibility index (Phi) is 8.01. The van der Waals surface area contributed by atoms with Crippen molar-refractivity contribution in [2.75, 3.05) is 20.8 Å². The van der Waals surface area contributed by atoms with E-state index in [4.69, 9.17) is 9.47 Å². The maximum atomic E-state index is 12.4. The lowest BCUT2D eigenvalue weighted by Gasteiger charge is -2.26. The second-order valence-corrected chi connectivity index (χ2v) is 8.90. The molecule has 3 rings (SSSR count). The fourth-order valence-electron chi connectivity index (χ4n) is 3.80. The van der Waals surface area contributed by atoms with E-state index < -0.39 is 0 Å². The minimum absolute atomic E-state index is 0.0349. The van der Waals surface area contributed by atoms with Gasteiger partial charge in [0.1, 0.15) is 0 Å². The largest absolute Gasteiger partial charge is 0.493 e. The quantitative estimate of drug-likeness (QED) is 0.589. The van der Waals surface area contributed by atoms with Crippen LogP contribution in [-0.2, 0) is 4.79 Å². The Morgan fingerprint density at radius 1 is 1.20 bits per heavy atom. The van der Waals surface area contributed by atoms with Crippen LogP contribution in [0.15, 0.2) is 23.4 Å². The Morgan fingerprint density at radius 3 is 2.60 bits per heavy atom. The van der Waals surface area contributed by atoms with E-state index >= 15 is 0 Å². The van der Waals surface area contributed by atoms with Gasteiger partial charge in [0.15, 0.2) is 22.5 Å². The lowest BCUT2D eigenvalue weighted by Crippen LogP contribution is -2.31. The maximum absolute atomic E-state index is 12.4. The number of nitrogens with zero attached hydrogens (tertiary/aromatic N) is 3. The molecule has 1 saturated carbocycles. The average molecular weight is 433 g/mol. The zero-order valence-electron chi connectivity index (χ0n) is 18.3. The molecule has 8 heteroatoms. The van der Waals surface area contributed by atoms with Gasteiger partial charge in [-0.05, 0) is 44.4 Å². The number of thioether (sulfide) groups is 1. The zero-order valence-corrected chi connectivity index (χ0v) is 19.1. The van der Waals surface area contributed by atoms with Crippen LogP contribution >= 0.6 is 11.8 Å². The summed E-state index contributed by atoms with van der Waals surface area (Å²) in [7, 11) is 3.26. The highest BCUT2D eigenvalue weighted by Crippen LogP contribution is 2.38. The molecule has 2 aromatic rings. The molecule has 1 N–H and O–H groups in total. The number of methoxy groups -OCH3 is 2. The van der Waals surface area contributed by atoms with E-state index in [-0.39, 0.29) is 11.2 Å². The number of carbonyl (C=O) groups excluding carboxylic acids is 1. The lowest BCUT2D eigenvalue weighted by molar-refractivity contribution is -0.120. The Balaban J connectivity index is 1.95. The first kappa shape index (κ1) is 22.5. The van der Waals surface area contributed by atoms with Crippen molar-refractivity contribution in [3.05, 3.63) is 18.2 Å². The van der Waals surface area contributed by atoms with Gasteiger partial charge in [-0.2, -0.15) is 0 Å². The summed E-state index contributed by atoms with van der Waals surface area (Å²) in [5, 5.41) is 12.6. The van der Waals surface area contributed by atoms with Crippen LogP contribution in [0.3, 0.4) is 0 Å². The van der Waals surface area contributed by atoms with Gasteiger partial charge in [-0.3, -0.25) is 9.36 Å². The van der Waals surface area contributed by atoms with Gasteiger partial charge >= 0.3 is 0 Å². The third-order valence-corrected chi connectivity index (χ3v) is 6.50. The second-order valence-electron chi connectivity index (χ2n) is 7.59. The number of carbonyl (C=O) groups is 1. The van der Waals surface area contributed by atoms with E-state index in [2.05, 4.69) is 20.1 Å². The summed E-state index contributed by atoms with van der Waals surface area (Å²) in [6.45, 7) is 4.66. The van der Waals surface area contributed by atoms with Gasteiger partial charge in [-0.25, -0.2) is 0 Å². The molecule has 1 aromatic heterocycles. The van der Waals surface area contributed by atoms with Crippen LogP contribution in [0.1, 0.15) is 58.4 Å². The highest BCUT2D eigenvalue weighted by molar-refractivity contribution is 8.00. The van der Waals surface area contributed by atoms with E-state index in [1.54, 1.807) is 14.2 Å². The molecule has 1 amide bonds. The molecule has 1 aliphatic carbocycles. The zero-order chi connectivity index (χ0) is 21.5. The minimum atomic E-state index is -0.235. The molecule has 1 heterocycles. The number of nitrogens with one attached hydrogen (secondary N) is 1. The Labute approximate surface area is 182 Å². The van der Waals surface area contributed by atoms with Crippen molar-refractivity contribution in [1.29, 1.82) is 0 Å². The van der Waals surface area contributed by atoms with E-state index in [0.29, 0.717) is 24.1 Å². The normalized spacial score (nSPS) is 15.6. The van der Waals surface area contributed by atoms with E-state index in [1.807, 2.05) is 32.0 Å². The van der Waals surface area contributed by atoms with Crippen molar-refractivity contribution in [3.63, 3.8) is 0 Å². The Bertz CT molecular complexity index is 849. The molecule has 1 aromatic carbocycles. The summed E-state index contributed by atoms with van der Waals surface area (Å²) in [5.41, 5.74) is 0.931. The summed E-state index contributed by atoms with van der Waals surface area (Å²) in [5.74, 6) is 2.19. The second kappa shape index (κ2) is 10.7. The third kappa shape index (κ3) is 5.09. The van der Waals surface area contributed by atoms with Crippen molar-refractivity contribution in [3.8, 4) is 22.9 Å². The van der Waals surface area contributed by atoms with Crippen LogP contribution in [0.2, 0.25) is 0 Å². The fourth-order valence-corrected chi connectivity index (χ4v) is 4.75. The number of rotatable bonds is 9. The smallest absolute Gasteiger partial charge is 0.233 e. The summed E-state index contributed by atoms with van der Waals surface area (Å²) in [6, 6.07) is 6.15. The molecular weight excluding hydrogens is 400 g/mol. The van der Waals surface area contributed by atoms with Crippen LogP contribution < -0.4 is 14.8 Å². The number of aromatic nitrogens is 3. The van der Waals surface area contributed by atoms with Gasteiger partial charge in [0.05, 0.1) is 19.5 Å². The first-order valence-corrected chi connectivity index (χ1v) is 11.6. The fraction of sp³-hybridized carbons (Fsp3) is 0.591. The van der Waals surface area contributed by atoms with E-state index in [9.17, 15) is 4.79 Å². The number of hydrogen-bond donors (Lipinski definition) is 1. The Hall–Kier alpha value is -2.22. The van der Waals surface area contributed by atoms with Gasteiger partial charge in [-0.15, -0.1) is 10.2 Å². The van der Waals surface area contributed by atoms with Crippen LogP contribution in [0.5, 0.6) is 11.5 Å². The molecular formula is C22H32N4O3S. The van der Waals surface area contributed by atoms with E-state index in [0.717, 1.165) is 35.8 Å². The molecule has 0 radical (unpaired) electrons. The maximum Gasteiger partial charge on any atom is 0.233 e. The summed E-state index contributed by atoms with van der Waals surface area (Å²) >= 11 is 1.48. The van der Waals surface area contributed by atoms with Crippen LogP contribution in [-0.4, -0.2) is 46.7 Å². The Morgan fingerprint density at radius 2 is 1.93 bits per heavy atom. The first-order valence-electron chi connectivity index (χ1n) is 10.7. The van der Waals surface area contributed by atoms with Crippen molar-refractivity contribution in [2.45, 2.75) is 68.8 Å². The molecule has 1 fully saturated rings. The van der Waals surface area contributed by atoms with Gasteiger partial charge in [0.2, 0.25) is 5.91 Å². The van der Waals surface area contributed by atoms with Crippen molar-refractivity contribution in [2.24, 2.45) is 0 Å². The molecule has 1 unspecified atom stereocenters.